The zero-order chi connectivity index (χ0) is 9.98. The van der Waals surface area contributed by atoms with E-state index < -0.39 is 0 Å². The van der Waals surface area contributed by atoms with E-state index in [-0.39, 0.29) is 1.43 Å². The molecule has 0 aliphatic carbocycles. The van der Waals surface area contributed by atoms with E-state index in [1.807, 2.05) is 19.9 Å². The lowest BCUT2D eigenvalue weighted by Gasteiger charge is -2.08. The minimum atomic E-state index is 0. The van der Waals surface area contributed by atoms with E-state index in [0.717, 1.165) is 12.1 Å². The molecular weight excluding hydrogens is 146 g/mol. The van der Waals surface area contributed by atoms with Crippen LogP contribution in [-0.2, 0) is 0 Å². The number of allylic oxidation sites excluding steroid dienone is 2. The quantitative estimate of drug-likeness (QED) is 0.635. The SMILES string of the molecule is C=C(/C=C/CC)NC(C)C.CC.[HH]. The van der Waals surface area contributed by atoms with Gasteiger partial charge >= 0.3 is 0 Å². The van der Waals surface area contributed by atoms with Crippen LogP contribution in [0.15, 0.2) is 24.4 Å². The number of nitrogens with one attached hydrogen (secondary N) is 1. The van der Waals surface area contributed by atoms with Crippen molar-refractivity contribution in [2.45, 2.75) is 47.1 Å². The summed E-state index contributed by atoms with van der Waals surface area (Å²) in [5.41, 5.74) is 0.997. The van der Waals surface area contributed by atoms with Crippen LogP contribution in [0.5, 0.6) is 0 Å². The molecule has 0 saturated carbocycles. The fourth-order valence-electron chi connectivity index (χ4n) is 0.679. The molecule has 74 valence electrons. The predicted molar refractivity (Wildman–Crippen MR) is 60.3 cm³/mol. The maximum atomic E-state index is 3.83. The first-order valence-corrected chi connectivity index (χ1v) is 4.78. The van der Waals surface area contributed by atoms with Gasteiger partial charge in [0.15, 0.2) is 0 Å². The summed E-state index contributed by atoms with van der Waals surface area (Å²) in [4.78, 5) is 0. The average molecular weight is 171 g/mol. The van der Waals surface area contributed by atoms with Crippen LogP contribution in [-0.4, -0.2) is 6.04 Å². The Morgan fingerprint density at radius 2 is 2.00 bits per heavy atom. The molecule has 0 aliphatic heterocycles. The molecule has 0 heterocycles. The Hall–Kier alpha value is -0.720. The van der Waals surface area contributed by atoms with Gasteiger partial charge in [0.2, 0.25) is 0 Å². The van der Waals surface area contributed by atoms with Gasteiger partial charge in [-0.3, -0.25) is 0 Å². The lowest BCUT2D eigenvalue weighted by Crippen LogP contribution is -2.19. The molecule has 1 nitrogen and oxygen atoms in total. The fraction of sp³-hybridized carbons (Fsp3) is 0.636. The van der Waals surface area contributed by atoms with Gasteiger partial charge in [-0.1, -0.05) is 33.4 Å². The summed E-state index contributed by atoms with van der Waals surface area (Å²) >= 11 is 0. The van der Waals surface area contributed by atoms with E-state index in [0.29, 0.717) is 6.04 Å². The summed E-state index contributed by atoms with van der Waals surface area (Å²) in [5, 5.41) is 3.20. The van der Waals surface area contributed by atoms with Gasteiger partial charge in [0, 0.05) is 13.2 Å². The Bertz CT molecular complexity index is 128. The summed E-state index contributed by atoms with van der Waals surface area (Å²) in [6.45, 7) is 14.1. The summed E-state index contributed by atoms with van der Waals surface area (Å²) in [5.74, 6) is 0. The highest BCUT2D eigenvalue weighted by Crippen LogP contribution is 1.91. The first kappa shape index (κ1) is 13.8. The van der Waals surface area contributed by atoms with Crippen molar-refractivity contribution in [1.82, 2.24) is 5.32 Å². The summed E-state index contributed by atoms with van der Waals surface area (Å²) in [7, 11) is 0. The summed E-state index contributed by atoms with van der Waals surface area (Å²) in [6.07, 6.45) is 5.18. The van der Waals surface area contributed by atoms with Crippen LogP contribution >= 0.6 is 0 Å². The van der Waals surface area contributed by atoms with Gasteiger partial charge < -0.3 is 5.32 Å². The minimum absolute atomic E-state index is 0. The molecule has 0 aromatic rings. The summed E-state index contributed by atoms with van der Waals surface area (Å²) < 4.78 is 0. The molecule has 12 heavy (non-hydrogen) atoms. The molecule has 0 bridgehead atoms. The van der Waals surface area contributed by atoms with Gasteiger partial charge in [-0.25, -0.2) is 0 Å². The molecule has 1 heteroatoms. The Morgan fingerprint density at radius 3 is 2.33 bits per heavy atom. The molecule has 0 amide bonds. The van der Waals surface area contributed by atoms with E-state index in [2.05, 4.69) is 38.7 Å². The highest BCUT2D eigenvalue weighted by Gasteiger charge is 1.89. The first-order chi connectivity index (χ1) is 5.66. The highest BCUT2D eigenvalue weighted by atomic mass is 14.9. The molecule has 0 aromatic heterocycles. The molecular formula is C11H25N. The fourth-order valence-corrected chi connectivity index (χ4v) is 0.679. The van der Waals surface area contributed by atoms with Crippen LogP contribution in [0.3, 0.4) is 0 Å². The van der Waals surface area contributed by atoms with Crippen LogP contribution in [0.2, 0.25) is 0 Å². The molecule has 0 aliphatic rings. The highest BCUT2D eigenvalue weighted by molar-refractivity contribution is 5.12. The van der Waals surface area contributed by atoms with Gasteiger partial charge in [0.25, 0.3) is 0 Å². The van der Waals surface area contributed by atoms with Crippen molar-refractivity contribution < 1.29 is 1.43 Å². The summed E-state index contributed by atoms with van der Waals surface area (Å²) in [6, 6.07) is 0.481. The van der Waals surface area contributed by atoms with Gasteiger partial charge in [-0.15, -0.1) is 0 Å². The molecule has 0 spiro atoms. The van der Waals surface area contributed by atoms with Crippen LogP contribution in [0.1, 0.15) is 42.5 Å². The Balaban J connectivity index is -0.000000309. The molecule has 0 unspecified atom stereocenters. The van der Waals surface area contributed by atoms with E-state index in [4.69, 9.17) is 0 Å². The average Bonchev–Trinajstić information content (AvgIpc) is 2.03. The van der Waals surface area contributed by atoms with E-state index >= 15 is 0 Å². The van der Waals surface area contributed by atoms with E-state index in [1.54, 1.807) is 0 Å². The molecule has 0 aromatic carbocycles. The van der Waals surface area contributed by atoms with Gasteiger partial charge in [0.05, 0.1) is 0 Å². The lowest BCUT2D eigenvalue weighted by molar-refractivity contribution is 0.683. The molecule has 0 fully saturated rings. The largest absolute Gasteiger partial charge is 0.383 e. The van der Waals surface area contributed by atoms with Crippen molar-refractivity contribution in [3.05, 3.63) is 24.4 Å². The molecule has 0 radical (unpaired) electrons. The molecule has 0 saturated heterocycles. The molecule has 0 atom stereocenters. The Kier molecular flexibility index (Phi) is 11.9. The second-order valence-electron chi connectivity index (χ2n) is 2.63. The first-order valence-electron chi connectivity index (χ1n) is 4.78. The van der Waals surface area contributed by atoms with Crippen molar-refractivity contribution in [3.8, 4) is 0 Å². The smallest absolute Gasteiger partial charge is 0.0265 e. The zero-order valence-corrected chi connectivity index (χ0v) is 9.15. The van der Waals surface area contributed by atoms with Gasteiger partial charge in [-0.05, 0) is 26.3 Å². The maximum Gasteiger partial charge on any atom is 0.0265 e. The maximum absolute atomic E-state index is 3.83. The molecule has 1 N–H and O–H groups in total. The Labute approximate surface area is 79.0 Å². The van der Waals surface area contributed by atoms with Crippen molar-refractivity contribution in [1.29, 1.82) is 0 Å². The van der Waals surface area contributed by atoms with E-state index in [1.165, 1.54) is 0 Å². The monoisotopic (exact) mass is 171 g/mol. The van der Waals surface area contributed by atoms with E-state index in [9.17, 15) is 0 Å². The predicted octanol–water partition coefficient (Wildman–Crippen LogP) is 3.74. The van der Waals surface area contributed by atoms with Gasteiger partial charge in [-0.2, -0.15) is 0 Å². The van der Waals surface area contributed by atoms with Crippen molar-refractivity contribution in [2.75, 3.05) is 0 Å². The van der Waals surface area contributed by atoms with Crippen molar-refractivity contribution in [2.24, 2.45) is 0 Å². The number of hydrogen-bond acceptors (Lipinski definition) is 1. The lowest BCUT2D eigenvalue weighted by atomic mass is 10.3. The number of rotatable bonds is 4. The van der Waals surface area contributed by atoms with Crippen LogP contribution in [0.25, 0.3) is 0 Å². The normalized spacial score (nSPS) is 9.50. The second-order valence-corrected chi connectivity index (χ2v) is 2.63. The standard InChI is InChI=1S/C9H17N.C2H6.H2/c1-5-6-7-9(4)10-8(2)3;1-2;/h6-8,10H,4-5H2,1-3H3;1-2H3;1H/b7-6+;;. The molecule has 0 rings (SSSR count). The topological polar surface area (TPSA) is 12.0 Å². The van der Waals surface area contributed by atoms with Crippen LogP contribution < -0.4 is 5.32 Å². The van der Waals surface area contributed by atoms with Crippen molar-refractivity contribution in [3.63, 3.8) is 0 Å². The third-order valence-electron chi connectivity index (χ3n) is 1.03. The van der Waals surface area contributed by atoms with Crippen molar-refractivity contribution >= 4 is 0 Å². The number of hydrogen-bond donors (Lipinski definition) is 1. The van der Waals surface area contributed by atoms with Gasteiger partial charge in [0.1, 0.15) is 0 Å². The zero-order valence-electron chi connectivity index (χ0n) is 9.15. The second kappa shape index (κ2) is 10.3. The van der Waals surface area contributed by atoms with Crippen LogP contribution in [0.4, 0.5) is 0 Å². The third-order valence-corrected chi connectivity index (χ3v) is 1.03. The third kappa shape index (κ3) is 12.0. The Morgan fingerprint density at radius 1 is 1.50 bits per heavy atom. The minimum Gasteiger partial charge on any atom is -0.383 e. The van der Waals surface area contributed by atoms with Crippen LogP contribution in [0, 0.1) is 0 Å².